The van der Waals surface area contributed by atoms with Crippen LogP contribution in [0.4, 0.5) is 5.69 Å². The first-order valence-corrected chi connectivity index (χ1v) is 6.89. The van der Waals surface area contributed by atoms with E-state index in [9.17, 15) is 4.79 Å². The maximum atomic E-state index is 12.1. The molecule has 1 heterocycles. The first kappa shape index (κ1) is 14.1. The molecule has 102 valence electrons. The smallest absolute Gasteiger partial charge is 0.256 e. The highest BCUT2D eigenvalue weighted by Gasteiger charge is 2.10. The summed E-state index contributed by atoms with van der Waals surface area (Å²) in [6.45, 7) is 0.294. The molecule has 0 unspecified atom stereocenters. The van der Waals surface area contributed by atoms with Gasteiger partial charge in [-0.05, 0) is 29.6 Å². The molecule has 0 aliphatic heterocycles. The average molecular weight is 286 g/mol. The molecular weight excluding hydrogens is 272 g/mol. The van der Waals surface area contributed by atoms with Gasteiger partial charge in [-0.1, -0.05) is 11.8 Å². The molecule has 2 rings (SSSR count). The molecule has 5 heteroatoms. The number of benzene rings is 1. The predicted octanol–water partition coefficient (Wildman–Crippen LogP) is 2.32. The van der Waals surface area contributed by atoms with E-state index in [2.05, 4.69) is 17.2 Å². The van der Waals surface area contributed by atoms with Crippen LogP contribution in [-0.4, -0.2) is 19.6 Å². The summed E-state index contributed by atoms with van der Waals surface area (Å²) in [7, 11) is 1.56. The molecule has 3 N–H and O–H groups in total. The highest BCUT2D eigenvalue weighted by molar-refractivity contribution is 7.08. The zero-order valence-electron chi connectivity index (χ0n) is 11.0. The maximum absolute atomic E-state index is 12.1. The van der Waals surface area contributed by atoms with Crippen molar-refractivity contribution in [2.45, 2.75) is 0 Å². The van der Waals surface area contributed by atoms with Gasteiger partial charge < -0.3 is 15.8 Å². The van der Waals surface area contributed by atoms with Gasteiger partial charge in [0.2, 0.25) is 0 Å². The van der Waals surface area contributed by atoms with Crippen LogP contribution < -0.4 is 15.8 Å². The molecule has 1 aromatic carbocycles. The normalized spacial score (nSPS) is 9.50. The molecular formula is C15H14N2O2S. The van der Waals surface area contributed by atoms with E-state index >= 15 is 0 Å². The Morgan fingerprint density at radius 3 is 2.95 bits per heavy atom. The third kappa shape index (κ3) is 3.38. The quantitative estimate of drug-likeness (QED) is 0.851. The SMILES string of the molecule is COc1ccc(C#CCN)cc1NC(=O)c1ccsc1. The molecule has 0 radical (unpaired) electrons. The second-order valence-corrected chi connectivity index (χ2v) is 4.67. The van der Waals surface area contributed by atoms with Crippen LogP contribution in [0.25, 0.3) is 0 Å². The van der Waals surface area contributed by atoms with E-state index in [4.69, 9.17) is 10.5 Å². The monoisotopic (exact) mass is 286 g/mol. The second kappa shape index (κ2) is 6.75. The van der Waals surface area contributed by atoms with Crippen molar-refractivity contribution in [3.05, 3.63) is 46.2 Å². The van der Waals surface area contributed by atoms with Gasteiger partial charge in [0.25, 0.3) is 5.91 Å². The number of carbonyl (C=O) groups is 1. The fourth-order valence-electron chi connectivity index (χ4n) is 1.62. The van der Waals surface area contributed by atoms with Crippen LogP contribution in [-0.2, 0) is 0 Å². The first-order valence-electron chi connectivity index (χ1n) is 5.95. The van der Waals surface area contributed by atoms with E-state index in [0.717, 1.165) is 5.56 Å². The van der Waals surface area contributed by atoms with Crippen LogP contribution in [0.15, 0.2) is 35.0 Å². The average Bonchev–Trinajstić information content (AvgIpc) is 2.99. The molecule has 2 aromatic rings. The predicted molar refractivity (Wildman–Crippen MR) is 81.2 cm³/mol. The summed E-state index contributed by atoms with van der Waals surface area (Å²) in [6, 6.07) is 7.13. The number of anilines is 1. The molecule has 1 amide bonds. The van der Waals surface area contributed by atoms with E-state index in [1.165, 1.54) is 11.3 Å². The highest BCUT2D eigenvalue weighted by Crippen LogP contribution is 2.26. The number of methoxy groups -OCH3 is 1. The van der Waals surface area contributed by atoms with Gasteiger partial charge in [-0.25, -0.2) is 0 Å². The number of thiophene rings is 1. The van der Waals surface area contributed by atoms with Crippen molar-refractivity contribution >= 4 is 22.9 Å². The van der Waals surface area contributed by atoms with Crippen molar-refractivity contribution in [3.8, 4) is 17.6 Å². The van der Waals surface area contributed by atoms with Crippen LogP contribution in [0.2, 0.25) is 0 Å². The molecule has 0 fully saturated rings. The summed E-state index contributed by atoms with van der Waals surface area (Å²) in [4.78, 5) is 12.1. The molecule has 0 saturated carbocycles. The van der Waals surface area contributed by atoms with Gasteiger partial charge in [-0.2, -0.15) is 11.3 Å². The van der Waals surface area contributed by atoms with Gasteiger partial charge in [-0.3, -0.25) is 4.79 Å². The minimum absolute atomic E-state index is 0.173. The lowest BCUT2D eigenvalue weighted by molar-refractivity contribution is 0.102. The number of nitrogens with one attached hydrogen (secondary N) is 1. The molecule has 0 aliphatic carbocycles. The Balaban J connectivity index is 2.26. The number of hydrogen-bond donors (Lipinski definition) is 2. The Hall–Kier alpha value is -2.29. The van der Waals surface area contributed by atoms with Crippen molar-refractivity contribution in [1.82, 2.24) is 0 Å². The zero-order chi connectivity index (χ0) is 14.4. The van der Waals surface area contributed by atoms with Crippen LogP contribution >= 0.6 is 11.3 Å². The van der Waals surface area contributed by atoms with Crippen LogP contribution in [0, 0.1) is 11.8 Å². The minimum atomic E-state index is -0.173. The Bertz CT molecular complexity index is 654. The third-order valence-electron chi connectivity index (χ3n) is 2.57. The number of ether oxygens (including phenoxy) is 1. The van der Waals surface area contributed by atoms with E-state index in [0.29, 0.717) is 23.5 Å². The van der Waals surface area contributed by atoms with E-state index in [1.54, 1.807) is 30.7 Å². The lowest BCUT2D eigenvalue weighted by Crippen LogP contribution is -2.11. The summed E-state index contributed by atoms with van der Waals surface area (Å²) in [5, 5.41) is 6.47. The van der Waals surface area contributed by atoms with Gasteiger partial charge in [0.15, 0.2) is 0 Å². The molecule has 20 heavy (non-hydrogen) atoms. The van der Waals surface area contributed by atoms with Crippen LogP contribution in [0.5, 0.6) is 5.75 Å². The third-order valence-corrected chi connectivity index (χ3v) is 3.25. The largest absolute Gasteiger partial charge is 0.495 e. The maximum Gasteiger partial charge on any atom is 0.256 e. The molecule has 1 aromatic heterocycles. The molecule has 0 bridgehead atoms. The standard InChI is InChI=1S/C15H14N2O2S/c1-19-14-5-4-11(3-2-7-16)9-13(14)17-15(18)12-6-8-20-10-12/h4-6,8-10H,7,16H2,1H3,(H,17,18). The van der Waals surface area contributed by atoms with Gasteiger partial charge >= 0.3 is 0 Å². The van der Waals surface area contributed by atoms with Crippen molar-refractivity contribution in [2.24, 2.45) is 5.73 Å². The van der Waals surface area contributed by atoms with Gasteiger partial charge in [-0.15, -0.1) is 0 Å². The van der Waals surface area contributed by atoms with Crippen molar-refractivity contribution in [1.29, 1.82) is 0 Å². The van der Waals surface area contributed by atoms with Crippen LogP contribution in [0.3, 0.4) is 0 Å². The zero-order valence-corrected chi connectivity index (χ0v) is 11.8. The summed E-state index contributed by atoms with van der Waals surface area (Å²) in [5.41, 5.74) is 7.33. The van der Waals surface area contributed by atoms with Crippen LogP contribution in [0.1, 0.15) is 15.9 Å². The summed E-state index contributed by atoms with van der Waals surface area (Å²) in [6.07, 6.45) is 0. The number of amides is 1. The fourth-order valence-corrected chi connectivity index (χ4v) is 2.26. The fraction of sp³-hybridized carbons (Fsp3) is 0.133. The van der Waals surface area contributed by atoms with Gasteiger partial charge in [0, 0.05) is 10.9 Å². The van der Waals surface area contributed by atoms with Crippen molar-refractivity contribution < 1.29 is 9.53 Å². The highest BCUT2D eigenvalue weighted by atomic mass is 32.1. The summed E-state index contributed by atoms with van der Waals surface area (Å²) in [5.74, 6) is 6.12. The second-order valence-electron chi connectivity index (χ2n) is 3.89. The van der Waals surface area contributed by atoms with Crippen molar-refractivity contribution in [2.75, 3.05) is 19.0 Å². The molecule has 0 aliphatic rings. The Morgan fingerprint density at radius 2 is 2.30 bits per heavy atom. The van der Waals surface area contributed by atoms with Gasteiger partial charge in [0.1, 0.15) is 5.75 Å². The Morgan fingerprint density at radius 1 is 1.45 bits per heavy atom. The van der Waals surface area contributed by atoms with Crippen molar-refractivity contribution in [3.63, 3.8) is 0 Å². The summed E-state index contributed by atoms with van der Waals surface area (Å²) >= 11 is 1.47. The topological polar surface area (TPSA) is 64.3 Å². The molecule has 0 atom stereocenters. The molecule has 4 nitrogen and oxygen atoms in total. The molecule has 0 spiro atoms. The Labute approximate surface area is 121 Å². The number of hydrogen-bond acceptors (Lipinski definition) is 4. The number of carbonyl (C=O) groups excluding carboxylic acids is 1. The first-order chi connectivity index (χ1) is 9.74. The number of nitrogens with two attached hydrogens (primary N) is 1. The van der Waals surface area contributed by atoms with Gasteiger partial charge in [0.05, 0.1) is 24.9 Å². The lowest BCUT2D eigenvalue weighted by atomic mass is 10.1. The minimum Gasteiger partial charge on any atom is -0.495 e. The molecule has 0 saturated heterocycles. The number of rotatable bonds is 3. The summed E-state index contributed by atoms with van der Waals surface area (Å²) < 4.78 is 5.24. The van der Waals surface area contributed by atoms with E-state index in [1.807, 2.05) is 11.4 Å². The van der Waals surface area contributed by atoms with E-state index < -0.39 is 0 Å². The van der Waals surface area contributed by atoms with E-state index in [-0.39, 0.29) is 5.91 Å². The lowest BCUT2D eigenvalue weighted by Gasteiger charge is -2.10. The Kier molecular flexibility index (Phi) is 4.77.